The van der Waals surface area contributed by atoms with Crippen molar-refractivity contribution in [3.8, 4) is 28.7 Å². The number of fused-ring (bicyclic) bond motifs is 1. The van der Waals surface area contributed by atoms with Crippen LogP contribution in [0.5, 0.6) is 28.7 Å². The fourth-order valence-electron chi connectivity index (χ4n) is 8.64. The largest absolute Gasteiger partial charge is 0.489 e. The lowest BCUT2D eigenvalue weighted by Gasteiger charge is -2.47. The highest BCUT2D eigenvalue weighted by atomic mass is 16.7. The standard InChI is InChI=1S/C64H54O9/c65-63(53-34-21-35-55(38-53)66-41-47-22-7-1-8-23-47)73-62-60(72-57-37-20-19-36-56(57)64(62,70-45-51-30-15-5-16-31-51)71-46-52-32-17-6-18-33-52)54-39-58(67-42-48-24-9-2-10-25-48)61(69-44-50-28-13-4-14-29-50)59(40-54)68-43-49-26-11-3-12-27-49/h1-40,60,62H,41-46H2. The summed E-state index contributed by atoms with van der Waals surface area (Å²) >= 11 is 0. The normalized spacial score (nSPS) is 14.5. The third-order valence-electron chi connectivity index (χ3n) is 12.4. The number of hydrogen-bond donors (Lipinski definition) is 0. The summed E-state index contributed by atoms with van der Waals surface area (Å²) in [6, 6.07) is 77.5. The van der Waals surface area contributed by atoms with Gasteiger partial charge < -0.3 is 37.9 Å². The second kappa shape index (κ2) is 23.5. The summed E-state index contributed by atoms with van der Waals surface area (Å²) in [6.07, 6.45) is -2.40. The first-order valence-electron chi connectivity index (χ1n) is 24.3. The Bertz CT molecular complexity index is 3050. The van der Waals surface area contributed by atoms with E-state index in [1.165, 1.54) is 0 Å². The summed E-state index contributed by atoms with van der Waals surface area (Å²) in [5.74, 6) is -0.291. The minimum Gasteiger partial charge on any atom is -0.489 e. The van der Waals surface area contributed by atoms with Crippen LogP contribution in [0, 0.1) is 0 Å². The van der Waals surface area contributed by atoms with Crippen molar-refractivity contribution in [3.05, 3.63) is 293 Å². The van der Waals surface area contributed by atoms with Crippen molar-refractivity contribution in [2.45, 2.75) is 57.6 Å². The van der Waals surface area contributed by atoms with E-state index in [0.29, 0.717) is 46.5 Å². The fourth-order valence-corrected chi connectivity index (χ4v) is 8.64. The number of ether oxygens (including phenoxy) is 8. The molecule has 2 unspecified atom stereocenters. The summed E-state index contributed by atoms with van der Waals surface area (Å²) < 4.78 is 54.9. The lowest BCUT2D eigenvalue weighted by Crippen LogP contribution is -2.54. The second-order valence-corrected chi connectivity index (χ2v) is 17.5. The van der Waals surface area contributed by atoms with Crippen molar-refractivity contribution in [2.75, 3.05) is 0 Å². The first kappa shape index (κ1) is 48.0. The molecule has 0 bridgehead atoms. The molecule has 364 valence electrons. The van der Waals surface area contributed by atoms with Crippen LogP contribution in [0.1, 0.15) is 61.0 Å². The molecular formula is C64H54O9. The van der Waals surface area contributed by atoms with Gasteiger partial charge in [-0.3, -0.25) is 0 Å². The molecule has 0 spiro atoms. The predicted octanol–water partition coefficient (Wildman–Crippen LogP) is 13.9. The summed E-state index contributed by atoms with van der Waals surface area (Å²) in [7, 11) is 0. The molecule has 0 saturated heterocycles. The number of benzene rings is 9. The quantitative estimate of drug-likeness (QED) is 0.0516. The molecule has 9 aromatic rings. The van der Waals surface area contributed by atoms with Gasteiger partial charge in [0.05, 0.1) is 24.3 Å². The lowest BCUT2D eigenvalue weighted by atomic mass is 9.87. The maximum Gasteiger partial charge on any atom is 0.338 e. The van der Waals surface area contributed by atoms with Crippen molar-refractivity contribution in [1.29, 1.82) is 0 Å². The van der Waals surface area contributed by atoms with E-state index in [2.05, 4.69) is 0 Å². The minimum atomic E-state index is -1.78. The van der Waals surface area contributed by atoms with Crippen LogP contribution in [0.2, 0.25) is 0 Å². The molecule has 0 N–H and O–H groups in total. The average Bonchev–Trinajstić information content (AvgIpc) is 3.46. The molecule has 0 radical (unpaired) electrons. The Balaban J connectivity index is 1.12. The van der Waals surface area contributed by atoms with Gasteiger partial charge in [-0.2, -0.15) is 0 Å². The van der Waals surface area contributed by atoms with Crippen LogP contribution < -0.4 is 23.7 Å². The number of hydrogen-bond acceptors (Lipinski definition) is 9. The van der Waals surface area contributed by atoms with E-state index in [1.54, 1.807) is 18.2 Å². The molecule has 2 atom stereocenters. The van der Waals surface area contributed by atoms with Gasteiger partial charge in [-0.05, 0) is 75.8 Å². The maximum atomic E-state index is 15.1. The van der Waals surface area contributed by atoms with E-state index in [9.17, 15) is 0 Å². The monoisotopic (exact) mass is 966 g/mol. The second-order valence-electron chi connectivity index (χ2n) is 17.5. The summed E-state index contributed by atoms with van der Waals surface area (Å²) in [5, 5.41) is 0. The van der Waals surface area contributed by atoms with Crippen LogP contribution in [-0.4, -0.2) is 12.1 Å². The maximum absolute atomic E-state index is 15.1. The van der Waals surface area contributed by atoms with Gasteiger partial charge in [-0.25, -0.2) is 4.79 Å². The minimum absolute atomic E-state index is 0.0939. The number of para-hydroxylation sites is 1. The topological polar surface area (TPSA) is 90.9 Å². The fraction of sp³-hybridized carbons (Fsp3) is 0.141. The van der Waals surface area contributed by atoms with Gasteiger partial charge in [0.15, 0.2) is 17.6 Å². The highest BCUT2D eigenvalue weighted by Gasteiger charge is 2.56. The van der Waals surface area contributed by atoms with Gasteiger partial charge in [0.1, 0.15) is 37.9 Å². The van der Waals surface area contributed by atoms with Crippen molar-refractivity contribution in [3.63, 3.8) is 0 Å². The smallest absolute Gasteiger partial charge is 0.338 e. The molecule has 0 aromatic heterocycles. The van der Waals surface area contributed by atoms with E-state index in [0.717, 1.165) is 33.4 Å². The van der Waals surface area contributed by atoms with Crippen LogP contribution >= 0.6 is 0 Å². The van der Waals surface area contributed by atoms with E-state index in [1.807, 2.05) is 224 Å². The molecule has 1 heterocycles. The number of esters is 1. The Kier molecular flexibility index (Phi) is 15.5. The van der Waals surface area contributed by atoms with E-state index in [-0.39, 0.29) is 38.6 Å². The molecule has 0 fully saturated rings. The Morgan fingerprint density at radius 3 is 1.30 bits per heavy atom. The van der Waals surface area contributed by atoms with Crippen molar-refractivity contribution in [2.24, 2.45) is 0 Å². The SMILES string of the molecule is O=C(OC1C(c2cc(OCc3ccccc3)c(OCc3ccccc3)c(OCc3ccccc3)c2)Oc2ccccc2C1(OCc1ccccc1)OCc1ccccc1)c1cccc(OCc2ccccc2)c1. The van der Waals surface area contributed by atoms with E-state index in [4.69, 9.17) is 37.9 Å². The van der Waals surface area contributed by atoms with Crippen LogP contribution in [0.25, 0.3) is 0 Å². The average molecular weight is 967 g/mol. The Morgan fingerprint density at radius 2 is 0.822 bits per heavy atom. The van der Waals surface area contributed by atoms with E-state index < -0.39 is 24.0 Å². The van der Waals surface area contributed by atoms with Crippen LogP contribution in [0.3, 0.4) is 0 Å². The number of carbonyl (C=O) groups excluding carboxylic acids is 1. The van der Waals surface area contributed by atoms with Gasteiger partial charge in [-0.1, -0.05) is 200 Å². The summed E-state index contributed by atoms with van der Waals surface area (Å²) in [6.45, 7) is 1.16. The van der Waals surface area contributed by atoms with Crippen molar-refractivity contribution in [1.82, 2.24) is 0 Å². The Labute approximate surface area is 426 Å². The molecule has 1 aliphatic rings. The van der Waals surface area contributed by atoms with Gasteiger partial charge in [0.2, 0.25) is 17.6 Å². The van der Waals surface area contributed by atoms with Gasteiger partial charge in [-0.15, -0.1) is 0 Å². The highest BCUT2D eigenvalue weighted by molar-refractivity contribution is 5.90. The number of carbonyl (C=O) groups is 1. The molecular weight excluding hydrogens is 913 g/mol. The molecule has 10 rings (SSSR count). The third-order valence-corrected chi connectivity index (χ3v) is 12.4. The number of rotatable bonds is 21. The van der Waals surface area contributed by atoms with Crippen LogP contribution in [0.4, 0.5) is 0 Å². The highest BCUT2D eigenvalue weighted by Crippen LogP contribution is 2.52. The molecule has 1 aliphatic heterocycles. The Hall–Kier alpha value is -8.63. The van der Waals surface area contributed by atoms with Gasteiger partial charge in [0.25, 0.3) is 0 Å². The summed E-state index contributed by atoms with van der Waals surface area (Å²) in [4.78, 5) is 15.1. The van der Waals surface area contributed by atoms with Gasteiger partial charge in [0, 0.05) is 5.56 Å². The van der Waals surface area contributed by atoms with Gasteiger partial charge >= 0.3 is 5.97 Å². The molecule has 0 aliphatic carbocycles. The zero-order valence-electron chi connectivity index (χ0n) is 40.2. The first-order chi connectivity index (χ1) is 36.1. The predicted molar refractivity (Wildman–Crippen MR) is 279 cm³/mol. The lowest BCUT2D eigenvalue weighted by molar-refractivity contribution is -0.324. The van der Waals surface area contributed by atoms with Crippen LogP contribution in [0.15, 0.2) is 243 Å². The van der Waals surface area contributed by atoms with Crippen molar-refractivity contribution < 1.29 is 42.7 Å². The van der Waals surface area contributed by atoms with Crippen LogP contribution in [-0.2, 0) is 59.6 Å². The molecule has 9 nitrogen and oxygen atoms in total. The molecule has 73 heavy (non-hydrogen) atoms. The molecule has 9 aromatic carbocycles. The third kappa shape index (κ3) is 12.1. The summed E-state index contributed by atoms with van der Waals surface area (Å²) in [5.41, 5.74) is 6.94. The molecule has 0 amide bonds. The first-order valence-corrected chi connectivity index (χ1v) is 24.3. The zero-order valence-corrected chi connectivity index (χ0v) is 40.2. The Morgan fingerprint density at radius 1 is 0.411 bits per heavy atom. The zero-order chi connectivity index (χ0) is 49.5. The van der Waals surface area contributed by atoms with E-state index >= 15 is 4.79 Å². The molecule has 9 heteroatoms. The molecule has 0 saturated carbocycles. The van der Waals surface area contributed by atoms with Crippen molar-refractivity contribution >= 4 is 5.97 Å².